The fourth-order valence-corrected chi connectivity index (χ4v) is 3.46. The Bertz CT molecular complexity index is 479. The van der Waals surface area contributed by atoms with Crippen LogP contribution in [0.5, 0.6) is 0 Å². The van der Waals surface area contributed by atoms with Crippen LogP contribution >= 0.6 is 0 Å². The van der Waals surface area contributed by atoms with E-state index in [-0.39, 0.29) is 11.4 Å². The first-order chi connectivity index (χ1) is 8.51. The van der Waals surface area contributed by atoms with Crippen LogP contribution in [0.2, 0.25) is 0 Å². The molecule has 0 spiro atoms. The van der Waals surface area contributed by atoms with E-state index in [9.17, 15) is 4.79 Å². The van der Waals surface area contributed by atoms with Gasteiger partial charge in [0.2, 0.25) is 0 Å². The Morgan fingerprint density at radius 3 is 2.89 bits per heavy atom. The number of nitrogens with one attached hydrogen (secondary N) is 1. The molecule has 2 aliphatic heterocycles. The molecule has 1 aromatic rings. The van der Waals surface area contributed by atoms with Gasteiger partial charge in [-0.1, -0.05) is 0 Å². The number of imidazole rings is 1. The summed E-state index contributed by atoms with van der Waals surface area (Å²) in [5, 5.41) is 3.43. The molecule has 0 saturated carbocycles. The maximum Gasteiger partial charge on any atom is 0.290 e. The molecule has 2 atom stereocenters. The molecule has 1 N–H and O–H groups in total. The van der Waals surface area contributed by atoms with Gasteiger partial charge in [-0.15, -0.1) is 0 Å². The van der Waals surface area contributed by atoms with E-state index in [0.29, 0.717) is 17.7 Å². The van der Waals surface area contributed by atoms with Crippen LogP contribution in [0.3, 0.4) is 0 Å². The average molecular weight is 248 g/mol. The molecule has 0 aliphatic carbocycles. The van der Waals surface area contributed by atoms with Crippen LogP contribution in [0.15, 0.2) is 12.4 Å². The number of nitrogens with zero attached hydrogens (tertiary/aromatic N) is 3. The second-order valence-electron chi connectivity index (χ2n) is 5.96. The Hall–Kier alpha value is -1.36. The minimum atomic E-state index is -0.0861. The molecular weight excluding hydrogens is 228 g/mol. The molecule has 3 heterocycles. The van der Waals surface area contributed by atoms with Gasteiger partial charge in [-0.05, 0) is 25.7 Å². The third kappa shape index (κ3) is 1.50. The fourth-order valence-electron chi connectivity index (χ4n) is 3.46. The number of amides is 1. The van der Waals surface area contributed by atoms with Crippen molar-refractivity contribution in [3.63, 3.8) is 0 Å². The van der Waals surface area contributed by atoms with Crippen molar-refractivity contribution in [3.05, 3.63) is 18.2 Å². The first-order valence-electron chi connectivity index (χ1n) is 6.52. The fraction of sp³-hybridized carbons (Fsp3) is 0.692. The van der Waals surface area contributed by atoms with Crippen molar-refractivity contribution in [1.82, 2.24) is 19.8 Å². The van der Waals surface area contributed by atoms with Crippen molar-refractivity contribution < 1.29 is 4.79 Å². The van der Waals surface area contributed by atoms with E-state index < -0.39 is 0 Å². The summed E-state index contributed by atoms with van der Waals surface area (Å²) < 4.78 is 1.80. The maximum atomic E-state index is 12.6. The summed E-state index contributed by atoms with van der Waals surface area (Å²) >= 11 is 0. The van der Waals surface area contributed by atoms with E-state index in [1.54, 1.807) is 10.8 Å². The number of carbonyl (C=O) groups is 1. The Morgan fingerprint density at radius 1 is 1.50 bits per heavy atom. The van der Waals surface area contributed by atoms with Crippen LogP contribution in [0.4, 0.5) is 0 Å². The van der Waals surface area contributed by atoms with Crippen LogP contribution in [-0.2, 0) is 7.05 Å². The second kappa shape index (κ2) is 3.82. The summed E-state index contributed by atoms with van der Waals surface area (Å²) in [5.41, 5.74) is -0.0861. The largest absolute Gasteiger partial charge is 0.330 e. The number of hydrogen-bond donors (Lipinski definition) is 1. The summed E-state index contributed by atoms with van der Waals surface area (Å²) in [7, 11) is 1.87. The predicted octanol–water partition coefficient (Wildman–Crippen LogP) is 0.490. The third-order valence-corrected chi connectivity index (χ3v) is 4.62. The molecule has 1 amide bonds. The standard InChI is InChI=1S/C13H20N4O/c1-13(2)10-7-14-6-9(10)8-17(13)12(18)11-15-4-5-16(11)3/h4-5,9-10,14H,6-8H2,1-3H3. The van der Waals surface area contributed by atoms with E-state index in [4.69, 9.17) is 0 Å². The van der Waals surface area contributed by atoms with Gasteiger partial charge in [0.05, 0.1) is 0 Å². The molecular formula is C13H20N4O. The quantitative estimate of drug-likeness (QED) is 0.787. The van der Waals surface area contributed by atoms with E-state index in [1.807, 2.05) is 18.1 Å². The molecule has 0 bridgehead atoms. The zero-order chi connectivity index (χ0) is 12.9. The van der Waals surface area contributed by atoms with E-state index in [1.165, 1.54) is 0 Å². The molecule has 2 aliphatic rings. The smallest absolute Gasteiger partial charge is 0.290 e. The number of fused-ring (bicyclic) bond motifs is 1. The predicted molar refractivity (Wildman–Crippen MR) is 68.2 cm³/mol. The Morgan fingerprint density at radius 2 is 2.28 bits per heavy atom. The van der Waals surface area contributed by atoms with Crippen molar-refractivity contribution in [3.8, 4) is 0 Å². The minimum absolute atomic E-state index is 0.0573. The topological polar surface area (TPSA) is 50.2 Å². The Balaban J connectivity index is 1.90. The summed E-state index contributed by atoms with van der Waals surface area (Å²) in [4.78, 5) is 18.8. The van der Waals surface area contributed by atoms with Crippen molar-refractivity contribution in [2.24, 2.45) is 18.9 Å². The lowest BCUT2D eigenvalue weighted by Gasteiger charge is -2.35. The molecule has 5 nitrogen and oxygen atoms in total. The van der Waals surface area contributed by atoms with Crippen molar-refractivity contribution in [2.75, 3.05) is 19.6 Å². The molecule has 2 unspecified atom stereocenters. The third-order valence-electron chi connectivity index (χ3n) is 4.62. The van der Waals surface area contributed by atoms with E-state index >= 15 is 0 Å². The van der Waals surface area contributed by atoms with Crippen molar-refractivity contribution in [1.29, 1.82) is 0 Å². The number of rotatable bonds is 1. The zero-order valence-electron chi connectivity index (χ0n) is 11.2. The molecule has 1 aromatic heterocycles. The highest BCUT2D eigenvalue weighted by molar-refractivity contribution is 5.91. The van der Waals surface area contributed by atoms with Gasteiger partial charge in [-0.2, -0.15) is 0 Å². The molecule has 0 aromatic carbocycles. The van der Waals surface area contributed by atoms with Crippen molar-refractivity contribution >= 4 is 5.91 Å². The molecule has 5 heteroatoms. The highest BCUT2D eigenvalue weighted by Gasteiger charge is 2.51. The molecule has 3 rings (SSSR count). The second-order valence-corrected chi connectivity index (χ2v) is 5.96. The van der Waals surface area contributed by atoms with Crippen LogP contribution in [0.25, 0.3) is 0 Å². The maximum absolute atomic E-state index is 12.6. The molecule has 18 heavy (non-hydrogen) atoms. The lowest BCUT2D eigenvalue weighted by Crippen LogP contribution is -2.48. The van der Waals surface area contributed by atoms with Crippen LogP contribution in [0.1, 0.15) is 24.5 Å². The van der Waals surface area contributed by atoms with Crippen LogP contribution < -0.4 is 5.32 Å². The van der Waals surface area contributed by atoms with Crippen molar-refractivity contribution in [2.45, 2.75) is 19.4 Å². The lowest BCUT2D eigenvalue weighted by atomic mass is 9.85. The number of aromatic nitrogens is 2. The highest BCUT2D eigenvalue weighted by atomic mass is 16.2. The number of likely N-dealkylation sites (tertiary alicyclic amines) is 1. The van der Waals surface area contributed by atoms with Crippen LogP contribution in [-0.4, -0.2) is 45.5 Å². The Kier molecular flexibility index (Phi) is 2.48. The molecule has 2 saturated heterocycles. The van der Waals surface area contributed by atoms with Gasteiger partial charge in [-0.3, -0.25) is 4.79 Å². The summed E-state index contributed by atoms with van der Waals surface area (Å²) in [5.74, 6) is 1.74. The van der Waals surface area contributed by atoms with Gasteiger partial charge in [0.25, 0.3) is 5.91 Å². The molecule has 98 valence electrons. The van der Waals surface area contributed by atoms with E-state index in [0.717, 1.165) is 19.6 Å². The normalized spacial score (nSPS) is 29.6. The first-order valence-corrected chi connectivity index (χ1v) is 6.52. The molecule has 2 fully saturated rings. The summed E-state index contributed by atoms with van der Waals surface area (Å²) in [6.45, 7) is 7.23. The van der Waals surface area contributed by atoms with Gasteiger partial charge in [0.15, 0.2) is 5.82 Å². The minimum Gasteiger partial charge on any atom is -0.330 e. The van der Waals surface area contributed by atoms with Gasteiger partial charge < -0.3 is 14.8 Å². The van der Waals surface area contributed by atoms with Gasteiger partial charge in [-0.25, -0.2) is 4.98 Å². The highest BCUT2D eigenvalue weighted by Crippen LogP contribution is 2.41. The van der Waals surface area contributed by atoms with Gasteiger partial charge >= 0.3 is 0 Å². The monoisotopic (exact) mass is 248 g/mol. The molecule has 0 radical (unpaired) electrons. The first kappa shape index (κ1) is 11.7. The van der Waals surface area contributed by atoms with Crippen LogP contribution in [0, 0.1) is 11.8 Å². The lowest BCUT2D eigenvalue weighted by molar-refractivity contribution is 0.0587. The number of hydrogen-bond acceptors (Lipinski definition) is 3. The number of aryl methyl sites for hydroxylation is 1. The van der Waals surface area contributed by atoms with Gasteiger partial charge in [0.1, 0.15) is 0 Å². The zero-order valence-corrected chi connectivity index (χ0v) is 11.2. The SMILES string of the molecule is Cn1ccnc1C(=O)N1CC2CNCC2C1(C)C. The number of carbonyl (C=O) groups excluding carboxylic acids is 1. The van der Waals surface area contributed by atoms with E-state index in [2.05, 4.69) is 24.1 Å². The summed E-state index contributed by atoms with van der Waals surface area (Å²) in [6.07, 6.45) is 3.50. The summed E-state index contributed by atoms with van der Waals surface area (Å²) in [6, 6.07) is 0. The average Bonchev–Trinajstić information content (AvgIpc) is 2.96. The Labute approximate surface area is 107 Å². The van der Waals surface area contributed by atoms with Gasteiger partial charge in [0, 0.05) is 44.6 Å².